The maximum Gasteiger partial charge on any atom is 0.308 e. The van der Waals surface area contributed by atoms with Crippen molar-refractivity contribution in [3.8, 4) is 23.3 Å². The molecule has 2 fully saturated rings. The van der Waals surface area contributed by atoms with Crippen molar-refractivity contribution in [2.24, 2.45) is 5.92 Å². The topological polar surface area (TPSA) is 85.4 Å². The fourth-order valence-electron chi connectivity index (χ4n) is 9.25. The number of hydrogen-bond donors (Lipinski definition) is 0. The molecule has 2 heterocycles. The van der Waals surface area contributed by atoms with E-state index in [1.165, 1.54) is 19.4 Å². The van der Waals surface area contributed by atoms with Crippen molar-refractivity contribution >= 4 is 17.8 Å². The third kappa shape index (κ3) is 5.68. The molecule has 5 atom stereocenters. The highest BCUT2D eigenvalue weighted by Crippen LogP contribution is 2.67. The lowest BCUT2D eigenvalue weighted by Crippen LogP contribution is -2.79. The minimum absolute atomic E-state index is 0.0916. The molecule has 1 saturated carbocycles. The summed E-state index contributed by atoms with van der Waals surface area (Å²) in [6.45, 7) is 9.16. The number of amides is 1. The molecule has 2 aliphatic carbocycles. The lowest BCUT2D eigenvalue weighted by atomic mass is 9.48. The summed E-state index contributed by atoms with van der Waals surface area (Å²) < 4.78 is 19.5. The molecule has 0 radical (unpaired) electrons. The number of piperidine rings is 1. The molecule has 254 valence electrons. The lowest BCUT2D eigenvalue weighted by molar-refractivity contribution is -0.224. The van der Waals surface area contributed by atoms with E-state index in [0.717, 1.165) is 36.2 Å². The van der Waals surface area contributed by atoms with E-state index in [4.69, 9.17) is 14.2 Å². The third-order valence-corrected chi connectivity index (χ3v) is 10.9. The molecule has 1 spiro atoms. The summed E-state index contributed by atoms with van der Waals surface area (Å²) in [6, 6.07) is 23.4. The Morgan fingerprint density at radius 3 is 2.41 bits per heavy atom. The fourth-order valence-corrected chi connectivity index (χ4v) is 9.25. The summed E-state index contributed by atoms with van der Waals surface area (Å²) in [4.78, 5) is 44.0. The number of rotatable bonds is 8. The molecule has 2 aliphatic heterocycles. The van der Waals surface area contributed by atoms with Crippen LogP contribution in [0.5, 0.6) is 11.5 Å². The zero-order valence-corrected chi connectivity index (χ0v) is 28.7. The lowest BCUT2D eigenvalue weighted by Gasteiger charge is -2.65. The SMILES string of the molecule is CC(=O)Oc1ccc2c3c1O[C@H]1[C@H](N(CC(C)C)C(=O)C#Cc4ccccc4)CC[C@@]4(OC(C)=O)[C@@H](C2)N(CCc2ccccc2)CC[C@]314. The monoisotopic (exact) mass is 660 g/mol. The zero-order chi connectivity index (χ0) is 34.3. The van der Waals surface area contributed by atoms with Crippen LogP contribution in [0.4, 0.5) is 0 Å². The minimum Gasteiger partial charge on any atom is -0.483 e. The van der Waals surface area contributed by atoms with Crippen LogP contribution >= 0.6 is 0 Å². The number of likely N-dealkylation sites (tertiary alicyclic amines) is 1. The van der Waals surface area contributed by atoms with Gasteiger partial charge in [-0.3, -0.25) is 19.3 Å². The van der Waals surface area contributed by atoms with Gasteiger partial charge in [0, 0.05) is 44.0 Å². The van der Waals surface area contributed by atoms with Crippen LogP contribution in [0.3, 0.4) is 0 Å². The highest BCUT2D eigenvalue weighted by Gasteiger charge is 2.75. The van der Waals surface area contributed by atoms with Gasteiger partial charge in [0.1, 0.15) is 11.7 Å². The van der Waals surface area contributed by atoms with Gasteiger partial charge in [0.25, 0.3) is 5.91 Å². The fraction of sp³-hybridized carbons (Fsp3) is 0.439. The Kier molecular flexibility index (Phi) is 8.74. The van der Waals surface area contributed by atoms with Crippen molar-refractivity contribution in [2.45, 2.75) is 89.0 Å². The largest absolute Gasteiger partial charge is 0.483 e. The first-order valence-corrected chi connectivity index (χ1v) is 17.5. The van der Waals surface area contributed by atoms with Gasteiger partial charge in [-0.15, -0.1) is 0 Å². The van der Waals surface area contributed by atoms with Gasteiger partial charge in [-0.25, -0.2) is 0 Å². The Bertz CT molecular complexity index is 1810. The molecule has 7 rings (SSSR count). The molecule has 3 aromatic carbocycles. The van der Waals surface area contributed by atoms with Crippen molar-refractivity contribution in [2.75, 3.05) is 19.6 Å². The first-order valence-electron chi connectivity index (χ1n) is 17.5. The molecule has 1 saturated heterocycles. The Labute approximate surface area is 288 Å². The number of hydrogen-bond acceptors (Lipinski definition) is 7. The maximum absolute atomic E-state index is 14.1. The van der Waals surface area contributed by atoms with Crippen molar-refractivity contribution in [1.82, 2.24) is 9.80 Å². The van der Waals surface area contributed by atoms with Gasteiger partial charge in [-0.1, -0.05) is 74.4 Å². The average Bonchev–Trinajstić information content (AvgIpc) is 3.43. The van der Waals surface area contributed by atoms with Gasteiger partial charge in [0.05, 0.1) is 17.5 Å². The molecule has 4 aliphatic rings. The summed E-state index contributed by atoms with van der Waals surface area (Å²) in [5.74, 6) is 6.04. The van der Waals surface area contributed by atoms with Gasteiger partial charge < -0.3 is 19.1 Å². The number of benzene rings is 3. The summed E-state index contributed by atoms with van der Waals surface area (Å²) in [7, 11) is 0. The zero-order valence-electron chi connectivity index (χ0n) is 28.7. The first kappa shape index (κ1) is 32.9. The van der Waals surface area contributed by atoms with E-state index in [-0.39, 0.29) is 29.9 Å². The molecule has 49 heavy (non-hydrogen) atoms. The van der Waals surface area contributed by atoms with E-state index in [9.17, 15) is 14.4 Å². The minimum atomic E-state index is -0.899. The smallest absolute Gasteiger partial charge is 0.308 e. The molecular formula is C41H44N2O6. The number of nitrogens with zero attached hydrogens (tertiary/aromatic N) is 2. The van der Waals surface area contributed by atoms with E-state index in [2.05, 4.69) is 54.9 Å². The second kappa shape index (κ2) is 13.0. The van der Waals surface area contributed by atoms with E-state index in [1.807, 2.05) is 53.4 Å². The van der Waals surface area contributed by atoms with Gasteiger partial charge in [0.2, 0.25) is 0 Å². The molecule has 0 unspecified atom stereocenters. The van der Waals surface area contributed by atoms with E-state index in [0.29, 0.717) is 43.7 Å². The molecule has 0 aromatic heterocycles. The van der Waals surface area contributed by atoms with Crippen LogP contribution in [-0.4, -0.2) is 71.1 Å². The summed E-state index contributed by atoms with van der Waals surface area (Å²) in [5, 5.41) is 0. The number of ether oxygens (including phenoxy) is 3. The molecule has 3 aromatic rings. The summed E-state index contributed by atoms with van der Waals surface area (Å²) >= 11 is 0. The van der Waals surface area contributed by atoms with Crippen molar-refractivity contribution < 1.29 is 28.6 Å². The highest BCUT2D eigenvalue weighted by atomic mass is 16.6. The third-order valence-electron chi connectivity index (χ3n) is 10.9. The van der Waals surface area contributed by atoms with Crippen LogP contribution < -0.4 is 9.47 Å². The molecule has 2 bridgehead atoms. The number of esters is 2. The number of carbonyl (C=O) groups excluding carboxylic acids is 3. The quantitative estimate of drug-likeness (QED) is 0.180. The Hall–Kier alpha value is -4.61. The van der Waals surface area contributed by atoms with Crippen LogP contribution in [0.15, 0.2) is 72.8 Å². The number of carbonyl (C=O) groups is 3. The average molecular weight is 661 g/mol. The van der Waals surface area contributed by atoms with Crippen molar-refractivity contribution in [1.29, 1.82) is 0 Å². The molecule has 0 N–H and O–H groups in total. The van der Waals surface area contributed by atoms with Gasteiger partial charge in [0.15, 0.2) is 11.5 Å². The van der Waals surface area contributed by atoms with Crippen LogP contribution in [0, 0.1) is 17.8 Å². The Morgan fingerprint density at radius 1 is 0.980 bits per heavy atom. The normalized spacial score (nSPS) is 26.1. The van der Waals surface area contributed by atoms with Crippen LogP contribution in [0.2, 0.25) is 0 Å². The Balaban J connectivity index is 1.34. The highest BCUT2D eigenvalue weighted by molar-refractivity contribution is 5.94. The summed E-state index contributed by atoms with van der Waals surface area (Å²) in [6.07, 6.45) is 2.81. The van der Waals surface area contributed by atoms with Crippen LogP contribution in [-0.2, 0) is 37.4 Å². The van der Waals surface area contributed by atoms with E-state index < -0.39 is 23.1 Å². The molecule has 8 heteroatoms. The van der Waals surface area contributed by atoms with E-state index in [1.54, 1.807) is 0 Å². The predicted molar refractivity (Wildman–Crippen MR) is 185 cm³/mol. The second-order valence-electron chi connectivity index (χ2n) is 14.3. The molecular weight excluding hydrogens is 616 g/mol. The maximum atomic E-state index is 14.1. The van der Waals surface area contributed by atoms with Crippen LogP contribution in [0.1, 0.15) is 69.2 Å². The van der Waals surface area contributed by atoms with Crippen molar-refractivity contribution in [3.63, 3.8) is 0 Å². The predicted octanol–water partition coefficient (Wildman–Crippen LogP) is 5.48. The van der Waals surface area contributed by atoms with E-state index >= 15 is 0 Å². The van der Waals surface area contributed by atoms with Crippen molar-refractivity contribution in [3.05, 3.63) is 95.1 Å². The second-order valence-corrected chi connectivity index (χ2v) is 14.3. The molecule has 8 nitrogen and oxygen atoms in total. The van der Waals surface area contributed by atoms with Crippen LogP contribution in [0.25, 0.3) is 0 Å². The Morgan fingerprint density at radius 2 is 1.71 bits per heavy atom. The van der Waals surface area contributed by atoms with Gasteiger partial charge in [-0.05, 0) is 73.9 Å². The summed E-state index contributed by atoms with van der Waals surface area (Å²) in [5.41, 5.74) is 2.46. The van der Waals surface area contributed by atoms with Gasteiger partial charge in [-0.2, -0.15) is 0 Å². The van der Waals surface area contributed by atoms with Gasteiger partial charge >= 0.3 is 11.9 Å². The first-order chi connectivity index (χ1) is 23.6. The standard InChI is InChI=1S/C41H44N2O6/c1-27(2)26-43(36(46)18-15-30-11-7-5-8-12-30)33-19-21-41(49-29(4)45)35-25-32-16-17-34(47-28(3)44)38-37(32)40(41,39(33)48-38)22-24-42(35)23-20-31-13-9-6-10-14-31/h5-14,16-17,27,33,35,39H,19-26H2,1-4H3/t33-,35-,39+,40+,41-/m1/s1. The molecule has 1 amide bonds.